The van der Waals surface area contributed by atoms with Crippen LogP contribution in [0.4, 0.5) is 0 Å². The van der Waals surface area contributed by atoms with Crippen molar-refractivity contribution in [3.05, 3.63) is 0 Å². The van der Waals surface area contributed by atoms with Crippen LogP contribution in [-0.4, -0.2) is 74.6 Å². The molecule has 0 saturated carbocycles. The Balaban J connectivity index is -0.000000216. The summed E-state index contributed by atoms with van der Waals surface area (Å²) in [5, 5.41) is 0. The van der Waals surface area contributed by atoms with E-state index < -0.39 is 0 Å². The van der Waals surface area contributed by atoms with Gasteiger partial charge in [0.25, 0.3) is 0 Å². The van der Waals surface area contributed by atoms with Gasteiger partial charge in [-0.1, -0.05) is 83.1 Å². The van der Waals surface area contributed by atoms with E-state index in [0.717, 1.165) is 11.5 Å². The number of Topliss-reactive ketones (excluding diaryl/α,β-unsaturated/α-hetero) is 4. The fraction of sp³-hybridized carbons (Fsp3) is 0.875. The summed E-state index contributed by atoms with van der Waals surface area (Å²) < 4.78 is 9.71. The molecule has 0 aromatic heterocycles. The Kier molecular flexibility index (Phi) is 32.9. The van der Waals surface area contributed by atoms with Gasteiger partial charge in [0.2, 0.25) is 0 Å². The lowest BCUT2D eigenvalue weighted by Crippen LogP contribution is -2.20. The number of hydrogen-bond acceptors (Lipinski definition) is 8. The maximum Gasteiger partial charge on any atom is 0.140 e. The third kappa shape index (κ3) is 26.2. The number of methoxy groups -OCH3 is 2. The minimum Gasteiger partial charge on any atom is -0.384 e. The number of thioether (sulfide) groups is 2. The first-order valence-electron chi connectivity index (χ1n) is 14.5. The Morgan fingerprint density at radius 1 is 0.450 bits per heavy atom. The summed E-state index contributed by atoms with van der Waals surface area (Å²) in [6.45, 7) is 24.3. The van der Waals surface area contributed by atoms with Crippen LogP contribution in [0.25, 0.3) is 0 Å². The van der Waals surface area contributed by atoms with Crippen LogP contribution in [0.5, 0.6) is 0 Å². The molecule has 0 aliphatic rings. The molecule has 4 atom stereocenters. The maximum absolute atomic E-state index is 11.2. The second-order valence-corrected chi connectivity index (χ2v) is 13.5. The van der Waals surface area contributed by atoms with Crippen molar-refractivity contribution in [3.8, 4) is 0 Å². The van der Waals surface area contributed by atoms with Crippen molar-refractivity contribution in [1.82, 2.24) is 0 Å². The predicted octanol–water partition coefficient (Wildman–Crippen LogP) is 7.41. The number of hydrogen-bond donors (Lipinski definition) is 0. The number of ketones is 4. The molecular formula is C32H64O6S2. The Bertz CT molecular complexity index is 550. The second kappa shape index (κ2) is 28.4. The monoisotopic (exact) mass is 608 g/mol. The molecule has 6 nitrogen and oxygen atoms in total. The van der Waals surface area contributed by atoms with Gasteiger partial charge >= 0.3 is 0 Å². The third-order valence-corrected chi connectivity index (χ3v) is 7.55. The molecule has 0 saturated heterocycles. The van der Waals surface area contributed by atoms with Gasteiger partial charge in [0.1, 0.15) is 23.1 Å². The lowest BCUT2D eigenvalue weighted by molar-refractivity contribution is -0.127. The van der Waals surface area contributed by atoms with Gasteiger partial charge in [-0.05, 0) is 12.5 Å². The van der Waals surface area contributed by atoms with Crippen LogP contribution in [0.1, 0.15) is 83.1 Å². The smallest absolute Gasteiger partial charge is 0.140 e. The molecule has 0 aromatic rings. The summed E-state index contributed by atoms with van der Waals surface area (Å²) in [7, 11) is 3.23. The first kappa shape index (κ1) is 46.3. The molecule has 0 N–H and O–H groups in total. The molecule has 0 fully saturated rings. The van der Waals surface area contributed by atoms with Crippen LogP contribution in [0.3, 0.4) is 0 Å². The SMILES string of the molecule is COCC(C)C(=O)C(C)C.COCC(C)C(=O)C(C)C.CSCC(C)C(=O)C(C)C.CSCC(C)C(=O)C(C)C. The highest BCUT2D eigenvalue weighted by Crippen LogP contribution is 2.12. The molecule has 0 bridgehead atoms. The summed E-state index contributed by atoms with van der Waals surface area (Å²) in [5.41, 5.74) is 0. The summed E-state index contributed by atoms with van der Waals surface area (Å²) in [5.74, 6) is 4.44. The quantitative estimate of drug-likeness (QED) is 0.179. The van der Waals surface area contributed by atoms with Crippen LogP contribution in [0, 0.1) is 47.3 Å². The topological polar surface area (TPSA) is 86.7 Å². The standard InChI is InChI=1S/2C8H16O2.2C8H16OS/c4*1-6(2)8(9)7(3)5-10-4/h4*6-7H,5H2,1-4H3. The Labute approximate surface area is 256 Å². The van der Waals surface area contributed by atoms with E-state index >= 15 is 0 Å². The van der Waals surface area contributed by atoms with Crippen LogP contribution in [-0.2, 0) is 28.7 Å². The van der Waals surface area contributed by atoms with E-state index in [2.05, 4.69) is 0 Å². The molecule has 0 heterocycles. The fourth-order valence-electron chi connectivity index (χ4n) is 3.60. The zero-order chi connectivity index (χ0) is 32.6. The molecule has 8 heteroatoms. The molecular weight excluding hydrogens is 544 g/mol. The van der Waals surface area contributed by atoms with E-state index in [9.17, 15) is 19.2 Å². The van der Waals surface area contributed by atoms with E-state index in [-0.39, 0.29) is 58.9 Å². The molecule has 4 unspecified atom stereocenters. The second-order valence-electron chi connectivity index (χ2n) is 11.7. The molecule has 0 amide bonds. The van der Waals surface area contributed by atoms with E-state index in [1.165, 1.54) is 0 Å². The molecule has 0 spiro atoms. The van der Waals surface area contributed by atoms with E-state index in [1.807, 2.05) is 95.6 Å². The van der Waals surface area contributed by atoms with Crippen molar-refractivity contribution < 1.29 is 28.7 Å². The zero-order valence-corrected chi connectivity index (χ0v) is 30.3. The van der Waals surface area contributed by atoms with Gasteiger partial charge in [-0.3, -0.25) is 19.2 Å². The Morgan fingerprint density at radius 3 is 0.800 bits per heavy atom. The van der Waals surface area contributed by atoms with E-state index in [4.69, 9.17) is 9.47 Å². The summed E-state index contributed by atoms with van der Waals surface area (Å²) >= 11 is 3.47. The van der Waals surface area contributed by atoms with Crippen molar-refractivity contribution in [1.29, 1.82) is 0 Å². The van der Waals surface area contributed by atoms with Crippen LogP contribution >= 0.6 is 23.5 Å². The zero-order valence-electron chi connectivity index (χ0n) is 28.7. The van der Waals surface area contributed by atoms with Gasteiger partial charge in [-0.25, -0.2) is 0 Å². The van der Waals surface area contributed by atoms with Gasteiger partial charge in [-0.15, -0.1) is 0 Å². The van der Waals surface area contributed by atoms with Crippen molar-refractivity contribution in [2.45, 2.75) is 83.1 Å². The highest BCUT2D eigenvalue weighted by Gasteiger charge is 2.17. The van der Waals surface area contributed by atoms with Crippen LogP contribution in [0.15, 0.2) is 0 Å². The van der Waals surface area contributed by atoms with Crippen molar-refractivity contribution in [2.24, 2.45) is 47.3 Å². The highest BCUT2D eigenvalue weighted by molar-refractivity contribution is 7.98. The fourth-order valence-corrected chi connectivity index (χ4v) is 4.93. The van der Waals surface area contributed by atoms with E-state index in [1.54, 1.807) is 37.7 Å². The number of carbonyl (C=O) groups excluding carboxylic acids is 4. The van der Waals surface area contributed by atoms with Gasteiger partial charge < -0.3 is 9.47 Å². The minimum absolute atomic E-state index is 0.0463. The van der Waals surface area contributed by atoms with Gasteiger partial charge in [0, 0.05) is 73.1 Å². The lowest BCUT2D eigenvalue weighted by Gasteiger charge is -2.10. The molecule has 0 radical (unpaired) electrons. The van der Waals surface area contributed by atoms with Crippen LogP contribution in [0.2, 0.25) is 0 Å². The lowest BCUT2D eigenvalue weighted by atomic mass is 9.98. The molecule has 0 aromatic carbocycles. The van der Waals surface area contributed by atoms with Crippen LogP contribution < -0.4 is 0 Å². The largest absolute Gasteiger partial charge is 0.384 e. The third-order valence-electron chi connectivity index (χ3n) is 5.89. The minimum atomic E-state index is 0.0463. The molecule has 240 valence electrons. The predicted molar refractivity (Wildman–Crippen MR) is 177 cm³/mol. The maximum atomic E-state index is 11.2. The van der Waals surface area contributed by atoms with Crippen molar-refractivity contribution >= 4 is 46.7 Å². The van der Waals surface area contributed by atoms with E-state index in [0.29, 0.717) is 24.8 Å². The summed E-state index contributed by atoms with van der Waals surface area (Å²) in [6.07, 6.45) is 4.06. The number of rotatable bonds is 16. The average molecular weight is 609 g/mol. The first-order valence-corrected chi connectivity index (χ1v) is 17.3. The molecule has 0 aliphatic carbocycles. The van der Waals surface area contributed by atoms with Gasteiger partial charge in [-0.2, -0.15) is 23.5 Å². The molecule has 0 rings (SSSR count). The van der Waals surface area contributed by atoms with Gasteiger partial charge in [0.15, 0.2) is 0 Å². The summed E-state index contributed by atoms with van der Waals surface area (Å²) in [4.78, 5) is 44.7. The Morgan fingerprint density at radius 2 is 0.650 bits per heavy atom. The molecule has 40 heavy (non-hydrogen) atoms. The van der Waals surface area contributed by atoms with Crippen molar-refractivity contribution in [3.63, 3.8) is 0 Å². The molecule has 0 aliphatic heterocycles. The van der Waals surface area contributed by atoms with Crippen molar-refractivity contribution in [2.75, 3.05) is 51.5 Å². The average Bonchev–Trinajstić information content (AvgIpc) is 2.88. The Hall–Kier alpha value is -0.700. The normalized spacial score (nSPS) is 13.7. The summed E-state index contributed by atoms with van der Waals surface area (Å²) in [6, 6.07) is 0. The number of carbonyl (C=O) groups is 4. The first-order chi connectivity index (χ1) is 18.4. The highest BCUT2D eigenvalue weighted by atomic mass is 32.2. The number of ether oxygens (including phenoxy) is 2. The van der Waals surface area contributed by atoms with Gasteiger partial charge in [0.05, 0.1) is 13.2 Å².